The number of aromatic nitrogens is 1. The minimum atomic E-state index is -0.221. The summed E-state index contributed by atoms with van der Waals surface area (Å²) in [4.78, 5) is 29.9. The van der Waals surface area contributed by atoms with Crippen molar-refractivity contribution < 1.29 is 14.3 Å². The molecule has 3 rings (SSSR count). The summed E-state index contributed by atoms with van der Waals surface area (Å²) >= 11 is 2.98. The highest BCUT2D eigenvalue weighted by Gasteiger charge is 2.29. The number of hydrogen-bond acceptors (Lipinski definition) is 6. The highest BCUT2D eigenvalue weighted by atomic mass is 32.2. The molecule has 1 saturated heterocycles. The Labute approximate surface area is 136 Å². The van der Waals surface area contributed by atoms with Crippen LogP contribution in [0.25, 0.3) is 10.2 Å². The number of esters is 1. The number of likely N-dealkylation sites (tertiary alicyclic amines) is 1. The number of para-hydroxylation sites is 1. The summed E-state index contributed by atoms with van der Waals surface area (Å²) in [5.41, 5.74) is 0.867. The van der Waals surface area contributed by atoms with Crippen molar-refractivity contribution in [2.75, 3.05) is 26.0 Å². The van der Waals surface area contributed by atoms with Crippen molar-refractivity contribution >= 4 is 45.2 Å². The highest BCUT2D eigenvalue weighted by Crippen LogP contribution is 2.27. The van der Waals surface area contributed by atoms with Crippen molar-refractivity contribution in [3.05, 3.63) is 29.3 Å². The molecule has 1 fully saturated rings. The van der Waals surface area contributed by atoms with Gasteiger partial charge in [-0.25, -0.2) is 4.98 Å². The average Bonchev–Trinajstić information content (AvgIpc) is 3.18. The fraction of sp³-hybridized carbons (Fsp3) is 0.400. The van der Waals surface area contributed by atoms with E-state index in [0.29, 0.717) is 23.8 Å². The number of carbonyl (C=O) groups is 2. The lowest BCUT2D eigenvalue weighted by molar-refractivity contribution is -0.137. The van der Waals surface area contributed by atoms with E-state index in [1.807, 2.05) is 29.2 Å². The standard InChI is InChI=1S/C15H16N2O3S2/c1-20-13(18)9-21-10-6-7-17(8-10)15(19)14-16-11-4-2-3-5-12(11)22-14/h2-5,10H,6-9H2,1H3/t10-/m0/s1. The smallest absolute Gasteiger partial charge is 0.315 e. The molecule has 0 unspecified atom stereocenters. The molecule has 1 aromatic heterocycles. The molecule has 1 aliphatic rings. The SMILES string of the molecule is COC(=O)CS[C@H]1CCN(C(=O)c2nc3ccccc3s2)C1. The van der Waals surface area contributed by atoms with Crippen LogP contribution in [-0.4, -0.2) is 53.0 Å². The second kappa shape index (κ2) is 6.66. The van der Waals surface area contributed by atoms with Crippen molar-refractivity contribution in [3.63, 3.8) is 0 Å². The molecule has 2 aromatic rings. The van der Waals surface area contributed by atoms with Gasteiger partial charge in [0.15, 0.2) is 5.01 Å². The molecule has 0 bridgehead atoms. The van der Waals surface area contributed by atoms with Crippen molar-refractivity contribution in [1.82, 2.24) is 9.88 Å². The Morgan fingerprint density at radius 3 is 3.05 bits per heavy atom. The third-order valence-corrected chi connectivity index (χ3v) is 5.86. The van der Waals surface area contributed by atoms with Crippen LogP contribution in [0.15, 0.2) is 24.3 Å². The molecule has 0 radical (unpaired) electrons. The van der Waals surface area contributed by atoms with Gasteiger partial charge in [-0.2, -0.15) is 0 Å². The van der Waals surface area contributed by atoms with E-state index in [0.717, 1.165) is 16.6 Å². The van der Waals surface area contributed by atoms with Crippen LogP contribution in [0.1, 0.15) is 16.2 Å². The number of benzene rings is 1. The summed E-state index contributed by atoms with van der Waals surface area (Å²) in [5.74, 6) is 0.105. The maximum atomic E-state index is 12.5. The van der Waals surface area contributed by atoms with Gasteiger partial charge in [0.2, 0.25) is 0 Å². The quantitative estimate of drug-likeness (QED) is 0.803. The van der Waals surface area contributed by atoms with Gasteiger partial charge in [-0.05, 0) is 18.6 Å². The highest BCUT2D eigenvalue weighted by molar-refractivity contribution is 8.00. The maximum Gasteiger partial charge on any atom is 0.315 e. The number of ether oxygens (including phenoxy) is 1. The van der Waals surface area contributed by atoms with Crippen LogP contribution in [-0.2, 0) is 9.53 Å². The number of nitrogens with zero attached hydrogens (tertiary/aromatic N) is 2. The van der Waals surface area contributed by atoms with Gasteiger partial charge in [0.1, 0.15) is 0 Å². The summed E-state index contributed by atoms with van der Waals surface area (Å²) in [5, 5.41) is 0.831. The zero-order chi connectivity index (χ0) is 15.5. The second-order valence-electron chi connectivity index (χ2n) is 5.04. The molecule has 0 spiro atoms. The molecule has 0 saturated carbocycles. The van der Waals surface area contributed by atoms with Gasteiger partial charge < -0.3 is 9.64 Å². The monoisotopic (exact) mass is 336 g/mol. The van der Waals surface area contributed by atoms with Crippen LogP contribution >= 0.6 is 23.1 Å². The molecule has 22 heavy (non-hydrogen) atoms. The molecule has 1 atom stereocenters. The lowest BCUT2D eigenvalue weighted by atomic mass is 10.3. The molecule has 1 amide bonds. The van der Waals surface area contributed by atoms with E-state index >= 15 is 0 Å². The summed E-state index contributed by atoms with van der Waals surface area (Å²) in [6.45, 7) is 1.38. The predicted octanol–water partition coefficient (Wildman–Crippen LogP) is 2.42. The van der Waals surface area contributed by atoms with E-state index in [1.165, 1.54) is 18.4 Å². The number of amides is 1. The zero-order valence-corrected chi connectivity index (χ0v) is 13.8. The van der Waals surface area contributed by atoms with Crippen molar-refractivity contribution in [2.24, 2.45) is 0 Å². The summed E-state index contributed by atoms with van der Waals surface area (Å²) in [7, 11) is 1.39. The summed E-state index contributed by atoms with van der Waals surface area (Å²) in [6, 6.07) is 7.76. The van der Waals surface area contributed by atoms with Gasteiger partial charge in [0.05, 0.1) is 23.1 Å². The number of thiazole rings is 1. The van der Waals surface area contributed by atoms with E-state index in [1.54, 1.807) is 11.8 Å². The Balaban J connectivity index is 1.62. The van der Waals surface area contributed by atoms with Gasteiger partial charge in [0.25, 0.3) is 5.91 Å². The molecule has 0 N–H and O–H groups in total. The Kier molecular flexibility index (Phi) is 4.63. The van der Waals surface area contributed by atoms with E-state index in [2.05, 4.69) is 9.72 Å². The molecule has 1 aliphatic heterocycles. The van der Waals surface area contributed by atoms with Gasteiger partial charge >= 0.3 is 5.97 Å². The van der Waals surface area contributed by atoms with E-state index in [4.69, 9.17) is 0 Å². The molecule has 1 aromatic carbocycles. The lowest BCUT2D eigenvalue weighted by Gasteiger charge is -2.14. The molecule has 5 nitrogen and oxygen atoms in total. The third kappa shape index (κ3) is 3.25. The van der Waals surface area contributed by atoms with Crippen LogP contribution in [0.2, 0.25) is 0 Å². The summed E-state index contributed by atoms with van der Waals surface area (Å²) in [6.07, 6.45) is 0.901. The van der Waals surface area contributed by atoms with E-state index in [9.17, 15) is 9.59 Å². The van der Waals surface area contributed by atoms with Crippen molar-refractivity contribution in [2.45, 2.75) is 11.7 Å². The van der Waals surface area contributed by atoms with Crippen LogP contribution in [0.5, 0.6) is 0 Å². The number of rotatable bonds is 4. The first kappa shape index (κ1) is 15.3. The van der Waals surface area contributed by atoms with Crippen LogP contribution < -0.4 is 0 Å². The first-order valence-electron chi connectivity index (χ1n) is 7.00. The van der Waals surface area contributed by atoms with E-state index in [-0.39, 0.29) is 17.1 Å². The van der Waals surface area contributed by atoms with Gasteiger partial charge in [-0.15, -0.1) is 23.1 Å². The van der Waals surface area contributed by atoms with Gasteiger partial charge in [0, 0.05) is 18.3 Å². The second-order valence-corrected chi connectivity index (χ2v) is 7.36. The van der Waals surface area contributed by atoms with Gasteiger partial charge in [-0.1, -0.05) is 12.1 Å². The van der Waals surface area contributed by atoms with Crippen molar-refractivity contribution in [1.29, 1.82) is 0 Å². The average molecular weight is 336 g/mol. The first-order chi connectivity index (χ1) is 10.7. The number of thioether (sulfide) groups is 1. The minimum absolute atomic E-state index is 0.0117. The summed E-state index contributed by atoms with van der Waals surface area (Å²) < 4.78 is 5.67. The molecule has 7 heteroatoms. The van der Waals surface area contributed by atoms with Crippen LogP contribution in [0.3, 0.4) is 0 Å². The molecule has 2 heterocycles. The zero-order valence-electron chi connectivity index (χ0n) is 12.2. The van der Waals surface area contributed by atoms with Crippen molar-refractivity contribution in [3.8, 4) is 0 Å². The topological polar surface area (TPSA) is 59.5 Å². The van der Waals surface area contributed by atoms with E-state index < -0.39 is 0 Å². The molecular formula is C15H16N2O3S2. The maximum absolute atomic E-state index is 12.5. The third-order valence-electron chi connectivity index (χ3n) is 3.57. The van der Waals surface area contributed by atoms with Crippen LogP contribution in [0, 0.1) is 0 Å². The Bertz CT molecular complexity index is 668. The number of hydrogen-bond donors (Lipinski definition) is 0. The number of carbonyl (C=O) groups excluding carboxylic acids is 2. The predicted molar refractivity (Wildman–Crippen MR) is 88.4 cm³/mol. The molecule has 0 aliphatic carbocycles. The Morgan fingerprint density at radius 2 is 2.27 bits per heavy atom. The molecule has 116 valence electrons. The Hall–Kier alpha value is -1.60. The Morgan fingerprint density at radius 1 is 1.45 bits per heavy atom. The normalized spacial score (nSPS) is 17.9. The first-order valence-corrected chi connectivity index (χ1v) is 8.87. The minimum Gasteiger partial charge on any atom is -0.468 e. The fourth-order valence-corrected chi connectivity index (χ4v) is 4.37. The van der Waals surface area contributed by atoms with Gasteiger partial charge in [-0.3, -0.25) is 9.59 Å². The fourth-order valence-electron chi connectivity index (χ4n) is 2.39. The number of methoxy groups -OCH3 is 1. The molecular weight excluding hydrogens is 320 g/mol. The largest absolute Gasteiger partial charge is 0.468 e. The lowest BCUT2D eigenvalue weighted by Crippen LogP contribution is -2.29. The number of fused-ring (bicyclic) bond motifs is 1. The van der Waals surface area contributed by atoms with Crippen LogP contribution in [0.4, 0.5) is 0 Å².